The van der Waals surface area contributed by atoms with Crippen LogP contribution in [0.15, 0.2) is 30.6 Å². The first-order chi connectivity index (χ1) is 8.25. The van der Waals surface area contributed by atoms with Gasteiger partial charge in [0.25, 0.3) is 0 Å². The quantitative estimate of drug-likeness (QED) is 0.632. The fourth-order valence-corrected chi connectivity index (χ4v) is 1.94. The van der Waals surface area contributed by atoms with Crippen LogP contribution >= 0.6 is 0 Å². The highest BCUT2D eigenvalue weighted by molar-refractivity contribution is 5.44. The van der Waals surface area contributed by atoms with E-state index in [2.05, 4.69) is 23.3 Å². The van der Waals surface area contributed by atoms with Gasteiger partial charge in [0.15, 0.2) is 0 Å². The largest absolute Gasteiger partial charge is 0.399 e. The highest BCUT2D eigenvalue weighted by Gasteiger charge is 1.99. The molecule has 2 rings (SSSR count). The molecule has 90 valence electrons. The first-order valence-corrected chi connectivity index (χ1v) is 5.95. The van der Waals surface area contributed by atoms with Gasteiger partial charge in [0.1, 0.15) is 0 Å². The maximum atomic E-state index is 5.73. The lowest BCUT2D eigenvalue weighted by molar-refractivity contribution is 0.541. The highest BCUT2D eigenvalue weighted by Crippen LogP contribution is 2.15. The van der Waals surface area contributed by atoms with Gasteiger partial charge in [-0.15, -0.1) is 5.10 Å². The Hall–Kier alpha value is -1.84. The van der Waals surface area contributed by atoms with Gasteiger partial charge in [0, 0.05) is 18.4 Å². The summed E-state index contributed by atoms with van der Waals surface area (Å²) in [7, 11) is 0. The molecule has 1 aromatic heterocycles. The molecule has 2 N–H and O–H groups in total. The second-order valence-electron chi connectivity index (χ2n) is 4.31. The Morgan fingerprint density at radius 2 is 2.18 bits per heavy atom. The number of nitrogens with zero attached hydrogens (tertiary/aromatic N) is 3. The normalized spacial score (nSPS) is 10.6. The summed E-state index contributed by atoms with van der Waals surface area (Å²) in [6, 6.07) is 6.13. The molecule has 0 atom stereocenters. The molecule has 0 saturated heterocycles. The molecule has 1 heterocycles. The van der Waals surface area contributed by atoms with Gasteiger partial charge in [-0.25, -0.2) is 0 Å². The van der Waals surface area contributed by atoms with E-state index in [9.17, 15) is 0 Å². The Balaban J connectivity index is 1.78. The van der Waals surface area contributed by atoms with Crippen molar-refractivity contribution >= 4 is 5.69 Å². The maximum Gasteiger partial charge on any atom is 0.0692 e. The molecule has 17 heavy (non-hydrogen) atoms. The molecule has 0 unspecified atom stereocenters. The fourth-order valence-electron chi connectivity index (χ4n) is 1.94. The van der Waals surface area contributed by atoms with Crippen molar-refractivity contribution in [3.63, 3.8) is 0 Å². The van der Waals surface area contributed by atoms with Crippen LogP contribution in [0.2, 0.25) is 0 Å². The lowest BCUT2D eigenvalue weighted by Gasteiger charge is -2.06. The van der Waals surface area contributed by atoms with Gasteiger partial charge in [-0.05, 0) is 49.4 Å². The molecule has 0 saturated carbocycles. The third kappa shape index (κ3) is 3.31. The van der Waals surface area contributed by atoms with E-state index in [1.807, 2.05) is 23.0 Å². The molecule has 0 aliphatic carbocycles. The Kier molecular flexibility index (Phi) is 3.75. The number of nitrogens with two attached hydrogens (primary N) is 1. The van der Waals surface area contributed by atoms with Crippen LogP contribution in [0.5, 0.6) is 0 Å². The number of anilines is 1. The van der Waals surface area contributed by atoms with Crippen molar-refractivity contribution in [2.45, 2.75) is 32.7 Å². The van der Waals surface area contributed by atoms with Crippen molar-refractivity contribution in [3.8, 4) is 0 Å². The third-order valence-electron chi connectivity index (χ3n) is 2.92. The number of aromatic nitrogens is 3. The van der Waals surface area contributed by atoms with Gasteiger partial charge in [0.05, 0.1) is 6.20 Å². The molecule has 0 aliphatic rings. The first-order valence-electron chi connectivity index (χ1n) is 5.95. The summed E-state index contributed by atoms with van der Waals surface area (Å²) in [4.78, 5) is 0. The van der Waals surface area contributed by atoms with Crippen LogP contribution in [0.1, 0.15) is 24.0 Å². The smallest absolute Gasteiger partial charge is 0.0692 e. The minimum absolute atomic E-state index is 0.842. The first kappa shape index (κ1) is 11.6. The van der Waals surface area contributed by atoms with Crippen molar-refractivity contribution < 1.29 is 0 Å². The summed E-state index contributed by atoms with van der Waals surface area (Å²) >= 11 is 0. The maximum absolute atomic E-state index is 5.73. The molecule has 0 amide bonds. The topological polar surface area (TPSA) is 56.7 Å². The van der Waals surface area contributed by atoms with Gasteiger partial charge in [0.2, 0.25) is 0 Å². The lowest BCUT2D eigenvalue weighted by Crippen LogP contribution is -2.00. The average molecular weight is 230 g/mol. The number of nitrogen functional groups attached to an aromatic ring is 1. The van der Waals surface area contributed by atoms with Crippen LogP contribution in [0.3, 0.4) is 0 Å². The number of benzene rings is 1. The van der Waals surface area contributed by atoms with E-state index >= 15 is 0 Å². The zero-order valence-electron chi connectivity index (χ0n) is 10.1. The van der Waals surface area contributed by atoms with Gasteiger partial charge in [-0.1, -0.05) is 11.3 Å². The predicted octanol–water partition coefficient (Wildman–Crippen LogP) is 2.19. The molecular formula is C13H18N4. The van der Waals surface area contributed by atoms with Crippen molar-refractivity contribution in [2.75, 3.05) is 5.73 Å². The molecule has 0 fully saturated rings. The minimum atomic E-state index is 0.842. The summed E-state index contributed by atoms with van der Waals surface area (Å²) < 4.78 is 1.87. The van der Waals surface area contributed by atoms with Crippen LogP contribution in [0.25, 0.3) is 0 Å². The molecule has 4 heteroatoms. The number of rotatable bonds is 5. The summed E-state index contributed by atoms with van der Waals surface area (Å²) in [6.07, 6.45) is 6.98. The predicted molar refractivity (Wildman–Crippen MR) is 68.6 cm³/mol. The van der Waals surface area contributed by atoms with E-state index in [4.69, 9.17) is 5.73 Å². The SMILES string of the molecule is Cc1cc(N)ccc1CCCCn1ccnn1. The van der Waals surface area contributed by atoms with Crippen LogP contribution in [0.4, 0.5) is 5.69 Å². The van der Waals surface area contributed by atoms with Crippen molar-refractivity contribution in [3.05, 3.63) is 41.7 Å². The van der Waals surface area contributed by atoms with Crippen LogP contribution in [-0.2, 0) is 13.0 Å². The second-order valence-corrected chi connectivity index (χ2v) is 4.31. The second kappa shape index (κ2) is 5.48. The average Bonchev–Trinajstić information content (AvgIpc) is 2.79. The van der Waals surface area contributed by atoms with E-state index in [1.165, 1.54) is 11.1 Å². The standard InChI is InChI=1S/C13H18N4/c1-11-10-13(14)6-5-12(11)4-2-3-8-17-9-7-15-16-17/h5-7,9-10H,2-4,8,14H2,1H3. The Morgan fingerprint density at radius 3 is 2.88 bits per heavy atom. The summed E-state index contributed by atoms with van der Waals surface area (Å²) in [5, 5.41) is 7.72. The number of unbranched alkanes of at least 4 members (excludes halogenated alkanes) is 1. The Labute approximate surface area is 101 Å². The van der Waals surface area contributed by atoms with Crippen LogP contribution < -0.4 is 5.73 Å². The van der Waals surface area contributed by atoms with Crippen LogP contribution in [0, 0.1) is 6.92 Å². The zero-order valence-corrected chi connectivity index (χ0v) is 10.1. The zero-order chi connectivity index (χ0) is 12.1. The molecule has 0 aliphatic heterocycles. The Bertz CT molecular complexity index is 462. The lowest BCUT2D eigenvalue weighted by atomic mass is 10.0. The number of hydrogen-bond donors (Lipinski definition) is 1. The van der Waals surface area contributed by atoms with E-state index in [-0.39, 0.29) is 0 Å². The third-order valence-corrected chi connectivity index (χ3v) is 2.92. The summed E-state index contributed by atoms with van der Waals surface area (Å²) in [6.45, 7) is 3.05. The monoisotopic (exact) mass is 230 g/mol. The van der Waals surface area contributed by atoms with E-state index in [0.717, 1.165) is 31.5 Å². The van der Waals surface area contributed by atoms with Gasteiger partial charge < -0.3 is 5.73 Å². The molecule has 0 radical (unpaired) electrons. The fraction of sp³-hybridized carbons (Fsp3) is 0.385. The summed E-state index contributed by atoms with van der Waals surface area (Å²) in [5.41, 5.74) is 9.24. The molecule has 0 bridgehead atoms. The Morgan fingerprint density at radius 1 is 1.29 bits per heavy atom. The van der Waals surface area contributed by atoms with Crippen molar-refractivity contribution in [1.82, 2.24) is 15.0 Å². The molecule has 2 aromatic rings. The van der Waals surface area contributed by atoms with Crippen molar-refractivity contribution in [1.29, 1.82) is 0 Å². The van der Waals surface area contributed by atoms with Gasteiger partial charge in [-0.3, -0.25) is 4.68 Å². The molecule has 1 aromatic carbocycles. The molecule has 0 spiro atoms. The van der Waals surface area contributed by atoms with Crippen LogP contribution in [-0.4, -0.2) is 15.0 Å². The van der Waals surface area contributed by atoms with E-state index < -0.39 is 0 Å². The number of hydrogen-bond acceptors (Lipinski definition) is 3. The minimum Gasteiger partial charge on any atom is -0.399 e. The van der Waals surface area contributed by atoms with E-state index in [0.29, 0.717) is 0 Å². The van der Waals surface area contributed by atoms with Gasteiger partial charge in [-0.2, -0.15) is 0 Å². The molecular weight excluding hydrogens is 212 g/mol. The van der Waals surface area contributed by atoms with Gasteiger partial charge >= 0.3 is 0 Å². The molecule has 4 nitrogen and oxygen atoms in total. The van der Waals surface area contributed by atoms with Crippen molar-refractivity contribution in [2.24, 2.45) is 0 Å². The highest BCUT2D eigenvalue weighted by atomic mass is 15.4. The number of aryl methyl sites for hydroxylation is 3. The summed E-state index contributed by atoms with van der Waals surface area (Å²) in [5.74, 6) is 0. The van der Waals surface area contributed by atoms with E-state index in [1.54, 1.807) is 6.20 Å².